The molecule has 3 rings (SSSR count). The van der Waals surface area contributed by atoms with Crippen LogP contribution in [0.5, 0.6) is 11.5 Å². The van der Waals surface area contributed by atoms with Crippen LogP contribution in [0.4, 0.5) is 0 Å². The van der Waals surface area contributed by atoms with Gasteiger partial charge in [-0.2, -0.15) is 4.98 Å². The van der Waals surface area contributed by atoms with Crippen molar-refractivity contribution < 1.29 is 14.0 Å². The van der Waals surface area contributed by atoms with Crippen molar-refractivity contribution in [2.45, 2.75) is 20.0 Å². The number of aromatic nitrogens is 2. The third-order valence-electron chi connectivity index (χ3n) is 3.88. The maximum Gasteiger partial charge on any atom is 0.241 e. The second-order valence-corrected chi connectivity index (χ2v) is 5.99. The summed E-state index contributed by atoms with van der Waals surface area (Å²) < 4.78 is 16.1. The maximum absolute atomic E-state index is 5.45. The highest BCUT2D eigenvalue weighted by atomic mass is 16.5. The molecule has 136 valence electrons. The van der Waals surface area contributed by atoms with Gasteiger partial charge in [-0.3, -0.25) is 4.90 Å². The van der Waals surface area contributed by atoms with E-state index in [4.69, 9.17) is 14.0 Å². The molecule has 0 aliphatic carbocycles. The first-order chi connectivity index (χ1) is 12.7. The molecule has 0 aliphatic rings. The van der Waals surface area contributed by atoms with Crippen molar-refractivity contribution in [2.24, 2.45) is 0 Å². The van der Waals surface area contributed by atoms with Crippen LogP contribution in [-0.4, -0.2) is 35.8 Å². The Kier molecular flexibility index (Phi) is 5.86. The lowest BCUT2D eigenvalue weighted by atomic mass is 10.2. The van der Waals surface area contributed by atoms with Crippen molar-refractivity contribution in [2.75, 3.05) is 20.8 Å². The number of methoxy groups -OCH3 is 1. The molecule has 0 bridgehead atoms. The Bertz CT molecular complexity index is 830. The van der Waals surface area contributed by atoms with Crippen LogP contribution in [0.25, 0.3) is 11.4 Å². The third-order valence-corrected chi connectivity index (χ3v) is 3.88. The Labute approximate surface area is 153 Å². The minimum atomic E-state index is 0.571. The molecule has 0 amide bonds. The normalized spacial score (nSPS) is 10.9. The second kappa shape index (κ2) is 8.49. The smallest absolute Gasteiger partial charge is 0.241 e. The van der Waals surface area contributed by atoms with Crippen molar-refractivity contribution in [1.29, 1.82) is 0 Å². The van der Waals surface area contributed by atoms with Crippen LogP contribution >= 0.6 is 0 Å². The first kappa shape index (κ1) is 17.9. The Morgan fingerprint density at radius 3 is 2.58 bits per heavy atom. The minimum absolute atomic E-state index is 0.571. The van der Waals surface area contributed by atoms with Gasteiger partial charge >= 0.3 is 0 Å². The molecule has 0 saturated carbocycles. The Hall–Kier alpha value is -2.86. The monoisotopic (exact) mass is 353 g/mol. The fourth-order valence-electron chi connectivity index (χ4n) is 2.67. The lowest BCUT2D eigenvalue weighted by molar-refractivity contribution is 0.260. The number of ether oxygens (including phenoxy) is 2. The van der Waals surface area contributed by atoms with Gasteiger partial charge in [0.15, 0.2) is 0 Å². The topological polar surface area (TPSA) is 60.6 Å². The number of benzene rings is 2. The van der Waals surface area contributed by atoms with Crippen molar-refractivity contribution in [3.05, 3.63) is 60.0 Å². The van der Waals surface area contributed by atoms with E-state index in [1.54, 1.807) is 7.11 Å². The highest BCUT2D eigenvalue weighted by molar-refractivity contribution is 5.55. The summed E-state index contributed by atoms with van der Waals surface area (Å²) in [6.45, 7) is 3.94. The van der Waals surface area contributed by atoms with E-state index < -0.39 is 0 Å². The van der Waals surface area contributed by atoms with Crippen LogP contribution in [0.2, 0.25) is 0 Å². The van der Waals surface area contributed by atoms with Gasteiger partial charge in [0.05, 0.1) is 20.3 Å². The van der Waals surface area contributed by atoms with E-state index in [0.717, 1.165) is 29.2 Å². The first-order valence-electron chi connectivity index (χ1n) is 8.55. The fraction of sp³-hybridized carbons (Fsp3) is 0.300. The zero-order valence-electron chi connectivity index (χ0n) is 15.3. The average molecular weight is 353 g/mol. The molecule has 3 aromatic rings. The molecule has 0 radical (unpaired) electrons. The van der Waals surface area contributed by atoms with Crippen LogP contribution in [0, 0.1) is 0 Å². The third kappa shape index (κ3) is 4.61. The van der Waals surface area contributed by atoms with Gasteiger partial charge in [0.2, 0.25) is 11.7 Å². The zero-order valence-corrected chi connectivity index (χ0v) is 15.3. The van der Waals surface area contributed by atoms with E-state index >= 15 is 0 Å². The molecule has 0 spiro atoms. The van der Waals surface area contributed by atoms with E-state index in [0.29, 0.717) is 24.9 Å². The summed E-state index contributed by atoms with van der Waals surface area (Å²) in [5.74, 6) is 2.85. The predicted molar refractivity (Wildman–Crippen MR) is 99.1 cm³/mol. The Balaban J connectivity index is 1.62. The van der Waals surface area contributed by atoms with E-state index in [9.17, 15) is 0 Å². The van der Waals surface area contributed by atoms with Gasteiger partial charge in [-0.25, -0.2) is 0 Å². The number of rotatable bonds is 8. The summed E-state index contributed by atoms with van der Waals surface area (Å²) >= 11 is 0. The van der Waals surface area contributed by atoms with Gasteiger partial charge in [0.25, 0.3) is 0 Å². The minimum Gasteiger partial charge on any atom is -0.497 e. The van der Waals surface area contributed by atoms with Crippen LogP contribution < -0.4 is 9.47 Å². The molecule has 0 aliphatic heterocycles. The largest absolute Gasteiger partial charge is 0.497 e. The van der Waals surface area contributed by atoms with Crippen LogP contribution in [-0.2, 0) is 13.1 Å². The molecule has 0 N–H and O–H groups in total. The lowest BCUT2D eigenvalue weighted by Gasteiger charge is -2.14. The summed E-state index contributed by atoms with van der Waals surface area (Å²) in [5.41, 5.74) is 2.07. The molecule has 26 heavy (non-hydrogen) atoms. The van der Waals surface area contributed by atoms with E-state index in [-0.39, 0.29) is 0 Å². The molecule has 2 aromatic carbocycles. The fourth-order valence-corrected chi connectivity index (χ4v) is 2.67. The van der Waals surface area contributed by atoms with E-state index in [2.05, 4.69) is 21.1 Å². The van der Waals surface area contributed by atoms with Crippen molar-refractivity contribution in [3.8, 4) is 22.9 Å². The molecular weight excluding hydrogens is 330 g/mol. The first-order valence-corrected chi connectivity index (χ1v) is 8.55. The van der Waals surface area contributed by atoms with Crippen molar-refractivity contribution >= 4 is 0 Å². The molecular formula is C20H23N3O3. The molecule has 1 aromatic heterocycles. The van der Waals surface area contributed by atoms with Gasteiger partial charge in [0.1, 0.15) is 11.5 Å². The van der Waals surface area contributed by atoms with E-state index in [1.807, 2.05) is 56.4 Å². The van der Waals surface area contributed by atoms with Crippen molar-refractivity contribution in [1.82, 2.24) is 15.0 Å². The quantitative estimate of drug-likeness (QED) is 0.614. The van der Waals surface area contributed by atoms with Crippen LogP contribution in [0.1, 0.15) is 18.4 Å². The summed E-state index contributed by atoms with van der Waals surface area (Å²) in [4.78, 5) is 6.60. The summed E-state index contributed by atoms with van der Waals surface area (Å²) in [6.07, 6.45) is 0. The standard InChI is InChI=1S/C20H23N3O3/c1-4-25-17-10-8-16(9-11-17)20-21-19(26-22-20)14-23(2)13-15-6-5-7-18(12-15)24-3/h5-12H,4,13-14H2,1-3H3. The molecule has 6 nitrogen and oxygen atoms in total. The predicted octanol–water partition coefficient (Wildman–Crippen LogP) is 3.78. The number of hydrogen-bond donors (Lipinski definition) is 0. The molecule has 1 heterocycles. The molecule has 0 saturated heterocycles. The molecule has 0 unspecified atom stereocenters. The average Bonchev–Trinajstić information content (AvgIpc) is 3.11. The van der Waals surface area contributed by atoms with Crippen molar-refractivity contribution in [3.63, 3.8) is 0 Å². The van der Waals surface area contributed by atoms with Crippen LogP contribution in [0.15, 0.2) is 53.1 Å². The SMILES string of the molecule is CCOc1ccc(-c2noc(CN(C)Cc3cccc(OC)c3)n2)cc1. The summed E-state index contributed by atoms with van der Waals surface area (Å²) in [5, 5.41) is 4.08. The number of hydrogen-bond acceptors (Lipinski definition) is 6. The van der Waals surface area contributed by atoms with Gasteiger partial charge in [0, 0.05) is 12.1 Å². The highest BCUT2D eigenvalue weighted by Crippen LogP contribution is 2.20. The van der Waals surface area contributed by atoms with E-state index in [1.165, 1.54) is 0 Å². The van der Waals surface area contributed by atoms with Gasteiger partial charge in [-0.05, 0) is 55.9 Å². The Morgan fingerprint density at radius 1 is 1.04 bits per heavy atom. The molecule has 0 atom stereocenters. The summed E-state index contributed by atoms with van der Waals surface area (Å²) in [6, 6.07) is 15.7. The zero-order chi connectivity index (χ0) is 18.4. The second-order valence-electron chi connectivity index (χ2n) is 5.99. The molecule has 6 heteroatoms. The number of nitrogens with zero attached hydrogens (tertiary/aromatic N) is 3. The Morgan fingerprint density at radius 2 is 1.85 bits per heavy atom. The van der Waals surface area contributed by atoms with Gasteiger partial charge in [-0.15, -0.1) is 0 Å². The summed E-state index contributed by atoms with van der Waals surface area (Å²) in [7, 11) is 3.68. The van der Waals surface area contributed by atoms with Gasteiger partial charge < -0.3 is 14.0 Å². The van der Waals surface area contributed by atoms with Gasteiger partial charge in [-0.1, -0.05) is 17.3 Å². The molecule has 0 fully saturated rings. The maximum atomic E-state index is 5.45. The lowest BCUT2D eigenvalue weighted by Crippen LogP contribution is -2.17. The highest BCUT2D eigenvalue weighted by Gasteiger charge is 2.11. The van der Waals surface area contributed by atoms with Crippen LogP contribution in [0.3, 0.4) is 0 Å².